The van der Waals surface area contributed by atoms with Gasteiger partial charge in [0.2, 0.25) is 5.79 Å². The molecule has 0 atom stereocenters. The lowest BCUT2D eigenvalue weighted by molar-refractivity contribution is -0.291. The van der Waals surface area contributed by atoms with Crippen LogP contribution in [0.4, 0.5) is 0 Å². The second-order valence-electron chi connectivity index (χ2n) is 11.1. The van der Waals surface area contributed by atoms with Crippen LogP contribution in [0.5, 0.6) is 0 Å². The molecule has 0 bridgehead atoms. The average molecular weight is 621 g/mol. The zero-order valence-corrected chi connectivity index (χ0v) is 25.5. The highest BCUT2D eigenvalue weighted by Crippen LogP contribution is 2.55. The topological polar surface area (TPSA) is 18.5 Å². The molecule has 4 rings (SSSR count). The summed E-state index contributed by atoms with van der Waals surface area (Å²) in [5.74, 6) is -0.802. The van der Waals surface area contributed by atoms with Crippen LogP contribution >= 0.6 is 31.9 Å². The maximum Gasteiger partial charge on any atom is 0.223 e. The summed E-state index contributed by atoms with van der Waals surface area (Å²) in [6, 6.07) is 13.0. The van der Waals surface area contributed by atoms with Crippen LogP contribution in [0, 0.1) is 5.41 Å². The van der Waals surface area contributed by atoms with Crippen molar-refractivity contribution in [2.45, 2.75) is 110 Å². The predicted octanol–water partition coefficient (Wildman–Crippen LogP) is 10.9. The van der Waals surface area contributed by atoms with E-state index in [1.54, 1.807) is 0 Å². The largest absolute Gasteiger partial charge is 0.341 e. The van der Waals surface area contributed by atoms with Crippen LogP contribution in [-0.4, -0.2) is 13.2 Å². The van der Waals surface area contributed by atoms with E-state index in [0.29, 0.717) is 0 Å². The van der Waals surface area contributed by atoms with Crippen LogP contribution in [0.15, 0.2) is 45.3 Å². The van der Waals surface area contributed by atoms with Gasteiger partial charge in [0.05, 0.1) is 13.2 Å². The molecule has 198 valence electrons. The summed E-state index contributed by atoms with van der Waals surface area (Å²) in [7, 11) is 0. The van der Waals surface area contributed by atoms with Crippen molar-refractivity contribution in [3.05, 3.63) is 56.5 Å². The standard InChI is InChI=1S/C32H44Br2O2/c1-3-5-7-9-11-13-19-31(20-14-12-10-8-6-4-2)23-35-32(36-24-31)29-21-25(33)15-17-27(29)28-18-16-26(34)22-30(28)32/h15-18,21-22H,3-14,19-20,23-24H2,1-2H3. The van der Waals surface area contributed by atoms with Crippen molar-refractivity contribution in [3.63, 3.8) is 0 Å². The van der Waals surface area contributed by atoms with Crippen LogP contribution in [-0.2, 0) is 15.3 Å². The Morgan fingerprint density at radius 2 is 1.03 bits per heavy atom. The third kappa shape index (κ3) is 6.47. The summed E-state index contributed by atoms with van der Waals surface area (Å²) in [5.41, 5.74) is 4.84. The van der Waals surface area contributed by atoms with Gasteiger partial charge in [0, 0.05) is 25.5 Å². The Morgan fingerprint density at radius 1 is 0.611 bits per heavy atom. The van der Waals surface area contributed by atoms with Crippen molar-refractivity contribution in [2.75, 3.05) is 13.2 Å². The summed E-state index contributed by atoms with van der Waals surface area (Å²) < 4.78 is 16.0. The minimum absolute atomic E-state index is 0.127. The van der Waals surface area contributed by atoms with Gasteiger partial charge in [-0.05, 0) is 48.2 Å². The van der Waals surface area contributed by atoms with E-state index in [4.69, 9.17) is 9.47 Å². The van der Waals surface area contributed by atoms with Crippen molar-refractivity contribution < 1.29 is 9.47 Å². The van der Waals surface area contributed by atoms with Gasteiger partial charge in [0.25, 0.3) is 0 Å². The molecule has 1 aliphatic heterocycles. The number of benzene rings is 2. The smallest absolute Gasteiger partial charge is 0.223 e. The van der Waals surface area contributed by atoms with Gasteiger partial charge >= 0.3 is 0 Å². The van der Waals surface area contributed by atoms with Crippen molar-refractivity contribution in [1.82, 2.24) is 0 Å². The lowest BCUT2D eigenvalue weighted by Gasteiger charge is -2.46. The molecule has 2 nitrogen and oxygen atoms in total. The summed E-state index contributed by atoms with van der Waals surface area (Å²) in [5, 5.41) is 0. The lowest BCUT2D eigenvalue weighted by atomic mass is 9.78. The van der Waals surface area contributed by atoms with E-state index in [1.165, 1.54) is 101 Å². The fraction of sp³-hybridized carbons (Fsp3) is 0.625. The number of halogens is 2. The molecule has 0 aromatic heterocycles. The molecule has 2 aromatic carbocycles. The third-order valence-corrected chi connectivity index (χ3v) is 9.23. The average Bonchev–Trinajstić information content (AvgIpc) is 3.13. The summed E-state index contributed by atoms with van der Waals surface area (Å²) >= 11 is 7.39. The van der Waals surface area contributed by atoms with Gasteiger partial charge in [-0.2, -0.15) is 0 Å². The van der Waals surface area contributed by atoms with Crippen LogP contribution in [0.3, 0.4) is 0 Å². The Bertz CT molecular complexity index is 907. The molecule has 36 heavy (non-hydrogen) atoms. The predicted molar refractivity (Wildman–Crippen MR) is 158 cm³/mol. The van der Waals surface area contributed by atoms with E-state index in [0.717, 1.165) is 33.3 Å². The first-order chi connectivity index (χ1) is 17.5. The highest BCUT2D eigenvalue weighted by Gasteiger charge is 2.51. The van der Waals surface area contributed by atoms with Gasteiger partial charge in [-0.3, -0.25) is 0 Å². The molecule has 2 aliphatic rings. The normalized spacial score (nSPS) is 17.3. The van der Waals surface area contributed by atoms with E-state index in [2.05, 4.69) is 82.1 Å². The molecular weight excluding hydrogens is 576 g/mol. The van der Waals surface area contributed by atoms with Gasteiger partial charge in [0.15, 0.2) is 0 Å². The fourth-order valence-electron chi connectivity index (χ4n) is 6.07. The van der Waals surface area contributed by atoms with Crippen LogP contribution in [0.2, 0.25) is 0 Å². The van der Waals surface area contributed by atoms with Crippen molar-refractivity contribution in [3.8, 4) is 11.1 Å². The molecule has 4 heteroatoms. The van der Waals surface area contributed by atoms with Crippen LogP contribution < -0.4 is 0 Å². The van der Waals surface area contributed by atoms with Gasteiger partial charge in [-0.15, -0.1) is 0 Å². The molecule has 0 amide bonds. The van der Waals surface area contributed by atoms with E-state index >= 15 is 0 Å². The Kier molecular flexibility index (Phi) is 10.5. The number of hydrogen-bond donors (Lipinski definition) is 0. The number of hydrogen-bond acceptors (Lipinski definition) is 2. The van der Waals surface area contributed by atoms with Crippen molar-refractivity contribution in [2.24, 2.45) is 5.41 Å². The minimum atomic E-state index is -0.802. The van der Waals surface area contributed by atoms with Crippen molar-refractivity contribution in [1.29, 1.82) is 0 Å². The number of unbranched alkanes of at least 4 members (excludes halogenated alkanes) is 10. The van der Waals surface area contributed by atoms with Gasteiger partial charge in [0.1, 0.15) is 0 Å². The van der Waals surface area contributed by atoms with E-state index in [9.17, 15) is 0 Å². The molecule has 1 aliphatic carbocycles. The first kappa shape index (κ1) is 28.3. The zero-order valence-electron chi connectivity index (χ0n) is 22.4. The molecule has 0 N–H and O–H groups in total. The van der Waals surface area contributed by atoms with Crippen molar-refractivity contribution >= 4 is 31.9 Å². The highest BCUT2D eigenvalue weighted by atomic mass is 79.9. The zero-order chi connectivity index (χ0) is 25.4. The molecule has 1 fully saturated rings. The second-order valence-corrected chi connectivity index (χ2v) is 12.9. The highest BCUT2D eigenvalue weighted by molar-refractivity contribution is 9.10. The maximum atomic E-state index is 6.93. The molecule has 0 radical (unpaired) electrons. The van der Waals surface area contributed by atoms with Crippen LogP contribution in [0.25, 0.3) is 11.1 Å². The van der Waals surface area contributed by atoms with Gasteiger partial charge < -0.3 is 9.47 Å². The molecule has 0 unspecified atom stereocenters. The number of rotatable bonds is 14. The second kappa shape index (κ2) is 13.4. The Hall–Kier alpha value is -0.680. The summed E-state index contributed by atoms with van der Waals surface area (Å²) in [6.45, 7) is 6.13. The number of fused-ring (bicyclic) bond motifs is 5. The maximum absolute atomic E-state index is 6.93. The summed E-state index contributed by atoms with van der Waals surface area (Å²) in [4.78, 5) is 0. The molecule has 0 saturated carbocycles. The fourth-order valence-corrected chi connectivity index (χ4v) is 6.79. The molecule has 1 saturated heterocycles. The minimum Gasteiger partial charge on any atom is -0.341 e. The molecule has 2 aromatic rings. The van der Waals surface area contributed by atoms with E-state index in [1.807, 2.05) is 0 Å². The molecule has 1 heterocycles. The first-order valence-electron chi connectivity index (χ1n) is 14.4. The summed E-state index contributed by atoms with van der Waals surface area (Å²) in [6.07, 6.45) is 18.4. The van der Waals surface area contributed by atoms with E-state index < -0.39 is 5.79 Å². The lowest BCUT2D eigenvalue weighted by Crippen LogP contribution is -2.47. The Labute approximate surface area is 236 Å². The quantitative estimate of drug-likeness (QED) is 0.196. The monoisotopic (exact) mass is 618 g/mol. The van der Waals surface area contributed by atoms with Crippen LogP contribution in [0.1, 0.15) is 115 Å². The Morgan fingerprint density at radius 3 is 1.47 bits per heavy atom. The molecular formula is C32H44Br2O2. The third-order valence-electron chi connectivity index (χ3n) is 8.25. The SMILES string of the molecule is CCCCCCCCC1(CCCCCCCC)COC2(OC1)c1cc(Br)ccc1-c1ccc(Br)cc12. The number of ether oxygens (including phenoxy) is 2. The van der Waals surface area contributed by atoms with E-state index in [-0.39, 0.29) is 5.41 Å². The first-order valence-corrected chi connectivity index (χ1v) is 16.0. The molecule has 1 spiro atoms. The van der Waals surface area contributed by atoms with Gasteiger partial charge in [-0.1, -0.05) is 135 Å². The van der Waals surface area contributed by atoms with Gasteiger partial charge in [-0.25, -0.2) is 0 Å². The Balaban J connectivity index is 1.49.